The van der Waals surface area contributed by atoms with Crippen molar-refractivity contribution in [3.05, 3.63) is 59.7 Å². The van der Waals surface area contributed by atoms with Gasteiger partial charge in [0.05, 0.1) is 23.1 Å². The summed E-state index contributed by atoms with van der Waals surface area (Å²) in [6, 6.07) is 15.5. The second-order valence-electron chi connectivity index (χ2n) is 6.85. The summed E-state index contributed by atoms with van der Waals surface area (Å²) in [5.41, 5.74) is 1.94. The summed E-state index contributed by atoms with van der Waals surface area (Å²) < 4.78 is 26.9. The first-order valence-electron chi connectivity index (χ1n) is 9.52. The lowest BCUT2D eigenvalue weighted by Crippen LogP contribution is -2.35. The van der Waals surface area contributed by atoms with Crippen molar-refractivity contribution in [3.8, 4) is 18.4 Å². The van der Waals surface area contributed by atoms with Gasteiger partial charge >= 0.3 is 0 Å². The van der Waals surface area contributed by atoms with Gasteiger partial charge in [-0.25, -0.2) is 8.42 Å². The second-order valence-corrected chi connectivity index (χ2v) is 8.61. The number of rotatable bonds is 5. The molecular formula is C22H22N4O3S. The molecule has 2 aromatic carbocycles. The zero-order valence-corrected chi connectivity index (χ0v) is 17.2. The molecule has 0 saturated carbocycles. The Morgan fingerprint density at radius 2 is 1.87 bits per heavy atom. The van der Waals surface area contributed by atoms with Crippen molar-refractivity contribution in [2.24, 2.45) is 0 Å². The second kappa shape index (κ2) is 9.45. The fourth-order valence-electron chi connectivity index (χ4n) is 3.32. The van der Waals surface area contributed by atoms with Gasteiger partial charge in [0, 0.05) is 37.4 Å². The number of carbonyl (C=O) groups excluding carboxylic acids is 1. The Balaban J connectivity index is 1.71. The summed E-state index contributed by atoms with van der Waals surface area (Å²) in [4.78, 5) is 16.9. The first kappa shape index (κ1) is 21.4. The quantitative estimate of drug-likeness (QED) is 0.742. The number of terminal acetylenes is 1. The molecule has 1 fully saturated rings. The van der Waals surface area contributed by atoms with E-state index in [0.29, 0.717) is 30.8 Å². The first-order chi connectivity index (χ1) is 14.4. The smallest absolute Gasteiger partial charge is 0.253 e. The van der Waals surface area contributed by atoms with Gasteiger partial charge in [-0.1, -0.05) is 12.0 Å². The molecule has 7 nitrogen and oxygen atoms in total. The molecule has 2 aromatic rings. The van der Waals surface area contributed by atoms with Crippen molar-refractivity contribution in [1.82, 2.24) is 9.62 Å². The summed E-state index contributed by atoms with van der Waals surface area (Å²) in [5, 5.41) is 8.94. The molecule has 8 heteroatoms. The van der Waals surface area contributed by atoms with Crippen LogP contribution in [0.1, 0.15) is 22.3 Å². The van der Waals surface area contributed by atoms with E-state index in [0.717, 1.165) is 18.7 Å². The third kappa shape index (κ3) is 4.98. The Morgan fingerprint density at radius 1 is 1.10 bits per heavy atom. The lowest BCUT2D eigenvalue weighted by Gasteiger charge is -2.24. The molecule has 3 rings (SSSR count). The van der Waals surface area contributed by atoms with Gasteiger partial charge in [0.25, 0.3) is 5.91 Å². The van der Waals surface area contributed by atoms with E-state index in [1.165, 1.54) is 12.1 Å². The number of sulfonamides is 1. The van der Waals surface area contributed by atoms with E-state index in [1.807, 2.05) is 12.1 Å². The molecule has 0 atom stereocenters. The van der Waals surface area contributed by atoms with Crippen LogP contribution >= 0.6 is 0 Å². The summed E-state index contributed by atoms with van der Waals surface area (Å²) in [6.07, 6.45) is 5.90. The molecule has 154 valence electrons. The molecule has 1 amide bonds. The maximum absolute atomic E-state index is 13.0. The minimum Gasteiger partial charge on any atom is -0.370 e. The first-order valence-corrected chi connectivity index (χ1v) is 11.0. The maximum Gasteiger partial charge on any atom is 0.253 e. The SMILES string of the molecule is C#CCNS(=O)(=O)c1cccc(C(=O)N2CCCN(c3ccc(C#N)cc3)CC2)c1. The molecule has 0 spiro atoms. The predicted molar refractivity (Wildman–Crippen MR) is 114 cm³/mol. The van der Waals surface area contributed by atoms with Gasteiger partial charge in [-0.3, -0.25) is 4.79 Å². The van der Waals surface area contributed by atoms with Crippen LogP contribution in [0, 0.1) is 23.7 Å². The van der Waals surface area contributed by atoms with E-state index in [2.05, 4.69) is 21.6 Å². The number of hydrogen-bond donors (Lipinski definition) is 1. The topological polar surface area (TPSA) is 93.5 Å². The number of nitrogens with zero attached hydrogens (tertiary/aromatic N) is 3. The van der Waals surface area contributed by atoms with E-state index in [4.69, 9.17) is 11.7 Å². The van der Waals surface area contributed by atoms with E-state index in [1.54, 1.807) is 29.2 Å². The molecule has 0 aliphatic carbocycles. The van der Waals surface area contributed by atoms with Gasteiger partial charge in [0.1, 0.15) is 0 Å². The van der Waals surface area contributed by atoms with Gasteiger partial charge in [0.15, 0.2) is 0 Å². The third-order valence-corrected chi connectivity index (χ3v) is 6.30. The average Bonchev–Trinajstić information content (AvgIpc) is 3.04. The molecule has 1 aliphatic heterocycles. The highest BCUT2D eigenvalue weighted by molar-refractivity contribution is 7.89. The molecular weight excluding hydrogens is 400 g/mol. The lowest BCUT2D eigenvalue weighted by atomic mass is 10.2. The molecule has 30 heavy (non-hydrogen) atoms. The zero-order valence-electron chi connectivity index (χ0n) is 16.4. The minimum absolute atomic E-state index is 0.0117. The number of amides is 1. The van der Waals surface area contributed by atoms with Crippen LogP contribution in [-0.4, -0.2) is 51.9 Å². The normalized spacial score (nSPS) is 14.5. The average molecular weight is 423 g/mol. The van der Waals surface area contributed by atoms with Gasteiger partial charge < -0.3 is 9.80 Å². The van der Waals surface area contributed by atoms with Gasteiger partial charge in [-0.15, -0.1) is 6.42 Å². The van der Waals surface area contributed by atoms with Crippen LogP contribution in [0.5, 0.6) is 0 Å². The highest BCUT2D eigenvalue weighted by Gasteiger charge is 2.22. The fourth-order valence-corrected chi connectivity index (χ4v) is 4.30. The van der Waals surface area contributed by atoms with Crippen molar-refractivity contribution >= 4 is 21.6 Å². The van der Waals surface area contributed by atoms with Crippen LogP contribution in [0.25, 0.3) is 0 Å². The van der Waals surface area contributed by atoms with Gasteiger partial charge in [0.2, 0.25) is 10.0 Å². The summed E-state index contributed by atoms with van der Waals surface area (Å²) in [6.45, 7) is 2.43. The molecule has 1 saturated heterocycles. The Labute approximate surface area is 177 Å². The molecule has 0 aromatic heterocycles. The predicted octanol–water partition coefficient (Wildman–Crippen LogP) is 1.82. The van der Waals surface area contributed by atoms with Gasteiger partial charge in [-0.05, 0) is 48.9 Å². The number of nitriles is 1. The highest BCUT2D eigenvalue weighted by Crippen LogP contribution is 2.19. The number of benzene rings is 2. The monoisotopic (exact) mass is 422 g/mol. The van der Waals surface area contributed by atoms with Crippen LogP contribution in [-0.2, 0) is 10.0 Å². The Morgan fingerprint density at radius 3 is 2.57 bits per heavy atom. The number of carbonyl (C=O) groups is 1. The number of nitrogens with one attached hydrogen (secondary N) is 1. The zero-order chi connectivity index (χ0) is 21.6. The van der Waals surface area contributed by atoms with Crippen LogP contribution in [0.3, 0.4) is 0 Å². The van der Waals surface area contributed by atoms with E-state index in [9.17, 15) is 13.2 Å². The number of anilines is 1. The van der Waals surface area contributed by atoms with Gasteiger partial charge in [-0.2, -0.15) is 9.98 Å². The minimum atomic E-state index is -3.76. The largest absolute Gasteiger partial charge is 0.370 e. The Hall–Kier alpha value is -3.33. The molecule has 1 N–H and O–H groups in total. The van der Waals surface area contributed by atoms with Crippen molar-refractivity contribution in [1.29, 1.82) is 5.26 Å². The maximum atomic E-state index is 13.0. The standard InChI is InChI=1S/C22H22N4O3S/c1-2-11-24-30(28,29)21-6-3-5-19(16-21)22(27)26-13-4-12-25(14-15-26)20-9-7-18(17-23)8-10-20/h1,3,5-10,16,24H,4,11-15H2. The van der Waals surface area contributed by atoms with Crippen molar-refractivity contribution < 1.29 is 13.2 Å². The summed E-state index contributed by atoms with van der Waals surface area (Å²) in [5.74, 6) is 2.02. The van der Waals surface area contributed by atoms with E-state index in [-0.39, 0.29) is 17.3 Å². The highest BCUT2D eigenvalue weighted by atomic mass is 32.2. The van der Waals surface area contributed by atoms with Crippen LogP contribution < -0.4 is 9.62 Å². The Kier molecular flexibility index (Phi) is 6.73. The molecule has 1 aliphatic rings. The van der Waals surface area contributed by atoms with Crippen molar-refractivity contribution in [3.63, 3.8) is 0 Å². The van der Waals surface area contributed by atoms with E-state index < -0.39 is 10.0 Å². The molecule has 0 unspecified atom stereocenters. The van der Waals surface area contributed by atoms with E-state index >= 15 is 0 Å². The Bertz CT molecular complexity index is 1100. The summed E-state index contributed by atoms with van der Waals surface area (Å²) >= 11 is 0. The van der Waals surface area contributed by atoms with Crippen LogP contribution in [0.2, 0.25) is 0 Å². The molecule has 0 bridgehead atoms. The van der Waals surface area contributed by atoms with Crippen LogP contribution in [0.4, 0.5) is 5.69 Å². The van der Waals surface area contributed by atoms with Crippen molar-refractivity contribution in [2.45, 2.75) is 11.3 Å². The molecule has 1 heterocycles. The van der Waals surface area contributed by atoms with Crippen LogP contribution in [0.15, 0.2) is 53.4 Å². The third-order valence-electron chi connectivity index (χ3n) is 4.90. The van der Waals surface area contributed by atoms with Crippen molar-refractivity contribution in [2.75, 3.05) is 37.6 Å². The lowest BCUT2D eigenvalue weighted by molar-refractivity contribution is 0.0767. The molecule has 0 radical (unpaired) electrons. The fraction of sp³-hybridized carbons (Fsp3) is 0.273. The summed E-state index contributed by atoms with van der Waals surface area (Å²) in [7, 11) is -3.76. The number of hydrogen-bond acceptors (Lipinski definition) is 5.